The predicted molar refractivity (Wildman–Crippen MR) is 76.3 cm³/mol. The summed E-state index contributed by atoms with van der Waals surface area (Å²) in [5, 5.41) is 0.763. The molecule has 0 radical (unpaired) electrons. The molecule has 0 aliphatic carbocycles. The van der Waals surface area contributed by atoms with Gasteiger partial charge < -0.3 is 4.90 Å². The fraction of sp³-hybridized carbons (Fsp3) is 0.615. The first-order chi connectivity index (χ1) is 8.79. The normalized spacial score (nSPS) is 18.8. The van der Waals surface area contributed by atoms with Crippen molar-refractivity contribution < 1.29 is 0 Å². The number of nitrogens with zero attached hydrogens (tertiary/aromatic N) is 3. The van der Waals surface area contributed by atoms with Gasteiger partial charge in [0, 0.05) is 44.5 Å². The van der Waals surface area contributed by atoms with Gasteiger partial charge in [-0.3, -0.25) is 9.88 Å². The Labute approximate surface area is 119 Å². The lowest BCUT2D eigenvalue weighted by Gasteiger charge is -2.21. The summed E-state index contributed by atoms with van der Waals surface area (Å²) in [6.07, 6.45) is 4.72. The van der Waals surface area contributed by atoms with Gasteiger partial charge in [-0.15, -0.1) is 11.6 Å². The third-order valence-corrected chi connectivity index (χ3v) is 3.84. The van der Waals surface area contributed by atoms with E-state index in [0.29, 0.717) is 0 Å². The van der Waals surface area contributed by atoms with Crippen molar-refractivity contribution in [2.75, 3.05) is 38.6 Å². The van der Waals surface area contributed by atoms with Gasteiger partial charge in [0.05, 0.1) is 5.02 Å². The summed E-state index contributed by atoms with van der Waals surface area (Å²) in [4.78, 5) is 8.91. The Balaban J connectivity index is 1.89. The molecule has 0 atom stereocenters. The molecule has 1 aromatic rings. The van der Waals surface area contributed by atoms with Crippen LogP contribution in [-0.4, -0.2) is 53.4 Å². The monoisotopic (exact) mass is 287 g/mol. The zero-order valence-corrected chi connectivity index (χ0v) is 12.0. The van der Waals surface area contributed by atoms with E-state index in [1.807, 2.05) is 6.07 Å². The molecule has 0 bridgehead atoms. The second-order valence-corrected chi connectivity index (χ2v) is 5.41. The van der Waals surface area contributed by atoms with Crippen LogP contribution >= 0.6 is 23.2 Å². The molecular formula is C13H19Cl2N3. The zero-order chi connectivity index (χ0) is 12.8. The first-order valence-electron chi connectivity index (χ1n) is 6.38. The van der Waals surface area contributed by atoms with E-state index < -0.39 is 0 Å². The predicted octanol–water partition coefficient (Wildman–Crippen LogP) is 2.48. The number of hydrogen-bond donors (Lipinski definition) is 0. The molecule has 0 amide bonds. The molecule has 2 rings (SSSR count). The van der Waals surface area contributed by atoms with Crippen LogP contribution in [0.3, 0.4) is 0 Å². The second-order valence-electron chi connectivity index (χ2n) is 4.63. The number of halogens is 2. The van der Waals surface area contributed by atoms with Crippen LogP contribution in [0.2, 0.25) is 5.02 Å². The van der Waals surface area contributed by atoms with Crippen LogP contribution in [0, 0.1) is 0 Å². The Morgan fingerprint density at radius 2 is 1.94 bits per heavy atom. The van der Waals surface area contributed by atoms with E-state index >= 15 is 0 Å². The largest absolute Gasteiger partial charge is 0.301 e. The molecule has 5 heteroatoms. The number of alkyl halides is 1. The van der Waals surface area contributed by atoms with Crippen LogP contribution in [0.1, 0.15) is 12.0 Å². The number of hydrogen-bond acceptors (Lipinski definition) is 3. The lowest BCUT2D eigenvalue weighted by atomic mass is 10.2. The Kier molecular flexibility index (Phi) is 5.70. The lowest BCUT2D eigenvalue weighted by molar-refractivity contribution is 0.258. The summed E-state index contributed by atoms with van der Waals surface area (Å²) in [6, 6.07) is 2.00. The van der Waals surface area contributed by atoms with E-state index in [1.165, 1.54) is 6.42 Å². The van der Waals surface area contributed by atoms with E-state index in [9.17, 15) is 0 Å². The molecule has 0 N–H and O–H groups in total. The summed E-state index contributed by atoms with van der Waals surface area (Å²) >= 11 is 11.9. The molecule has 100 valence electrons. The molecule has 2 heterocycles. The van der Waals surface area contributed by atoms with E-state index in [1.54, 1.807) is 12.4 Å². The lowest BCUT2D eigenvalue weighted by Crippen LogP contribution is -2.31. The SMILES string of the molecule is ClCCN1CCCN(Cc2ccncc2Cl)CC1. The molecular weight excluding hydrogens is 269 g/mol. The Bertz CT molecular complexity index is 373. The highest BCUT2D eigenvalue weighted by atomic mass is 35.5. The molecule has 1 saturated heterocycles. The summed E-state index contributed by atoms with van der Waals surface area (Å²) in [7, 11) is 0. The minimum Gasteiger partial charge on any atom is -0.301 e. The van der Waals surface area contributed by atoms with E-state index in [4.69, 9.17) is 23.2 Å². The Morgan fingerprint density at radius 1 is 1.17 bits per heavy atom. The van der Waals surface area contributed by atoms with Crippen molar-refractivity contribution in [3.8, 4) is 0 Å². The standard InChI is InChI=1S/C13H19Cl2N3/c14-3-7-17-5-1-6-18(9-8-17)11-12-2-4-16-10-13(12)15/h2,4,10H,1,3,5-9,11H2. The van der Waals surface area contributed by atoms with Crippen molar-refractivity contribution in [3.63, 3.8) is 0 Å². The van der Waals surface area contributed by atoms with Gasteiger partial charge in [0.25, 0.3) is 0 Å². The van der Waals surface area contributed by atoms with E-state index in [0.717, 1.165) is 55.7 Å². The number of rotatable bonds is 4. The highest BCUT2D eigenvalue weighted by molar-refractivity contribution is 6.31. The number of pyridine rings is 1. The maximum absolute atomic E-state index is 6.15. The van der Waals surface area contributed by atoms with Crippen molar-refractivity contribution in [1.29, 1.82) is 0 Å². The zero-order valence-electron chi connectivity index (χ0n) is 10.5. The minimum absolute atomic E-state index is 0.718. The van der Waals surface area contributed by atoms with Gasteiger partial charge in [-0.1, -0.05) is 11.6 Å². The first kappa shape index (κ1) is 14.1. The van der Waals surface area contributed by atoms with Gasteiger partial charge in [-0.05, 0) is 31.1 Å². The van der Waals surface area contributed by atoms with E-state index in [2.05, 4.69) is 14.8 Å². The smallest absolute Gasteiger partial charge is 0.0634 e. The van der Waals surface area contributed by atoms with Crippen molar-refractivity contribution >= 4 is 23.2 Å². The molecule has 0 saturated carbocycles. The quantitative estimate of drug-likeness (QED) is 0.794. The molecule has 1 fully saturated rings. The third kappa shape index (κ3) is 4.09. The van der Waals surface area contributed by atoms with Gasteiger partial charge in [-0.2, -0.15) is 0 Å². The Hall–Kier alpha value is -0.350. The maximum atomic E-state index is 6.15. The maximum Gasteiger partial charge on any atom is 0.0634 e. The van der Waals surface area contributed by atoms with Gasteiger partial charge in [0.15, 0.2) is 0 Å². The second kappa shape index (κ2) is 7.29. The Morgan fingerprint density at radius 3 is 2.72 bits per heavy atom. The highest BCUT2D eigenvalue weighted by Crippen LogP contribution is 2.16. The molecule has 1 aliphatic heterocycles. The van der Waals surface area contributed by atoms with Gasteiger partial charge in [0.2, 0.25) is 0 Å². The molecule has 1 aliphatic rings. The summed E-state index contributed by atoms with van der Waals surface area (Å²) in [5.41, 5.74) is 1.16. The average Bonchev–Trinajstić information content (AvgIpc) is 2.59. The minimum atomic E-state index is 0.718. The highest BCUT2D eigenvalue weighted by Gasteiger charge is 2.15. The van der Waals surface area contributed by atoms with E-state index in [-0.39, 0.29) is 0 Å². The van der Waals surface area contributed by atoms with Crippen molar-refractivity contribution in [1.82, 2.24) is 14.8 Å². The van der Waals surface area contributed by atoms with Crippen molar-refractivity contribution in [2.45, 2.75) is 13.0 Å². The fourth-order valence-corrected chi connectivity index (χ4v) is 2.72. The molecule has 1 aromatic heterocycles. The average molecular weight is 288 g/mol. The van der Waals surface area contributed by atoms with Crippen LogP contribution in [0.25, 0.3) is 0 Å². The van der Waals surface area contributed by atoms with Crippen molar-refractivity contribution in [3.05, 3.63) is 29.0 Å². The molecule has 0 unspecified atom stereocenters. The summed E-state index contributed by atoms with van der Waals surface area (Å²) < 4.78 is 0. The van der Waals surface area contributed by atoms with Crippen LogP contribution in [-0.2, 0) is 6.54 Å². The molecule has 3 nitrogen and oxygen atoms in total. The first-order valence-corrected chi connectivity index (χ1v) is 7.30. The van der Waals surface area contributed by atoms with Crippen LogP contribution in [0.15, 0.2) is 18.5 Å². The topological polar surface area (TPSA) is 19.4 Å². The molecule has 0 spiro atoms. The molecule has 0 aromatic carbocycles. The number of aromatic nitrogens is 1. The van der Waals surface area contributed by atoms with Crippen LogP contribution in [0.5, 0.6) is 0 Å². The van der Waals surface area contributed by atoms with Gasteiger partial charge >= 0.3 is 0 Å². The van der Waals surface area contributed by atoms with Crippen LogP contribution < -0.4 is 0 Å². The van der Waals surface area contributed by atoms with Gasteiger partial charge in [0.1, 0.15) is 0 Å². The fourth-order valence-electron chi connectivity index (χ4n) is 2.30. The summed E-state index contributed by atoms with van der Waals surface area (Å²) in [5.74, 6) is 0.718. The van der Waals surface area contributed by atoms with Gasteiger partial charge in [-0.25, -0.2) is 0 Å². The molecule has 18 heavy (non-hydrogen) atoms. The van der Waals surface area contributed by atoms with Crippen molar-refractivity contribution in [2.24, 2.45) is 0 Å². The van der Waals surface area contributed by atoms with Crippen LogP contribution in [0.4, 0.5) is 0 Å². The summed E-state index contributed by atoms with van der Waals surface area (Å²) in [6.45, 7) is 6.34. The third-order valence-electron chi connectivity index (χ3n) is 3.33.